The number of benzene rings is 1. The number of rotatable bonds is 8. The molecule has 6 atom stereocenters. The molecule has 0 unspecified atom stereocenters. The van der Waals surface area contributed by atoms with Gasteiger partial charge >= 0.3 is 17.9 Å². The molecule has 1 aliphatic heterocycles. The van der Waals surface area contributed by atoms with E-state index in [2.05, 4.69) is 5.32 Å². The van der Waals surface area contributed by atoms with Gasteiger partial charge in [0.25, 0.3) is 5.91 Å². The molecule has 1 aromatic carbocycles. The lowest BCUT2D eigenvalue weighted by Gasteiger charge is -2.43. The number of hydrogen-bond acceptors (Lipinski definition) is 9. The average molecular weight is 468 g/mol. The number of nitrogens with one attached hydrogen (secondary N) is 1. The highest BCUT2D eigenvalue weighted by atomic mass is 32.2. The Bertz CT molecular complexity index is 817. The molecule has 0 saturated carbocycles. The van der Waals surface area contributed by atoms with Crippen LogP contribution in [-0.4, -0.2) is 66.5 Å². The zero-order valence-corrected chi connectivity index (χ0v) is 19.5. The van der Waals surface area contributed by atoms with Crippen molar-refractivity contribution in [1.29, 1.82) is 0 Å². The molecule has 10 heteroatoms. The number of thioether (sulfide) groups is 1. The van der Waals surface area contributed by atoms with Crippen molar-refractivity contribution in [2.45, 2.75) is 57.5 Å². The van der Waals surface area contributed by atoms with Crippen LogP contribution in [-0.2, 0) is 33.3 Å². The van der Waals surface area contributed by atoms with Crippen molar-refractivity contribution >= 4 is 35.6 Å². The van der Waals surface area contributed by atoms with Crippen LogP contribution >= 0.6 is 11.8 Å². The van der Waals surface area contributed by atoms with Gasteiger partial charge in [0.05, 0.1) is 13.2 Å². The maximum absolute atomic E-state index is 12.5. The maximum atomic E-state index is 12.5. The first-order valence-corrected chi connectivity index (χ1v) is 11.2. The van der Waals surface area contributed by atoms with Crippen LogP contribution in [0.15, 0.2) is 30.3 Å². The van der Waals surface area contributed by atoms with Crippen molar-refractivity contribution in [3.63, 3.8) is 0 Å². The second-order valence-electron chi connectivity index (χ2n) is 7.47. The summed E-state index contributed by atoms with van der Waals surface area (Å²) in [5, 5.41) is 2.66. The molecule has 176 valence electrons. The Balaban J connectivity index is 2.17. The molecule has 2 rings (SSSR count). The van der Waals surface area contributed by atoms with Crippen LogP contribution in [0.5, 0.6) is 0 Å². The smallest absolute Gasteiger partial charge is 0.329 e. The molecule has 0 radical (unpaired) electrons. The summed E-state index contributed by atoms with van der Waals surface area (Å²) in [7, 11) is 1.23. The lowest BCUT2D eigenvalue weighted by Crippen LogP contribution is -2.55. The van der Waals surface area contributed by atoms with E-state index in [0.717, 1.165) is 0 Å². The standard InChI is InChI=1S/C22H29NO8S/c1-12-13(2)29-22(19(31-15(4)25)18(12)30-14(3)24)32-11-17(21(27)28-5)23-20(26)16-9-7-6-8-10-16/h6-10,12-13,17-19,22H,11H2,1-5H3,(H,23,26)/t12-,13-,17-,18+,19-,22-/m0/s1. The first-order chi connectivity index (χ1) is 15.1. The number of esters is 3. The van der Waals surface area contributed by atoms with Gasteiger partial charge in [-0.05, 0) is 19.1 Å². The molecule has 9 nitrogen and oxygen atoms in total. The SMILES string of the molecule is COC(=O)[C@H](CS[C@@H]1O[C@@H](C)[C@H](C)[C@@H](OC(C)=O)[C@@H]1OC(C)=O)NC(=O)c1ccccc1. The van der Waals surface area contributed by atoms with Gasteiger partial charge in [0.15, 0.2) is 6.10 Å². The molecule has 1 fully saturated rings. The predicted octanol–water partition coefficient (Wildman–Crippen LogP) is 1.94. The Labute approximate surface area is 191 Å². The molecule has 1 saturated heterocycles. The van der Waals surface area contributed by atoms with E-state index in [1.807, 2.05) is 13.8 Å². The highest BCUT2D eigenvalue weighted by Crippen LogP contribution is 2.35. The van der Waals surface area contributed by atoms with Crippen LogP contribution in [0.25, 0.3) is 0 Å². The largest absolute Gasteiger partial charge is 0.467 e. The van der Waals surface area contributed by atoms with Gasteiger partial charge in [0, 0.05) is 31.1 Å². The molecule has 0 bridgehead atoms. The quantitative estimate of drug-likeness (QED) is 0.452. The third-order valence-corrected chi connectivity index (χ3v) is 6.29. The van der Waals surface area contributed by atoms with Gasteiger partial charge in [0.2, 0.25) is 0 Å². The minimum absolute atomic E-state index is 0.0849. The highest BCUT2D eigenvalue weighted by Gasteiger charge is 2.47. The van der Waals surface area contributed by atoms with E-state index in [-0.39, 0.29) is 17.8 Å². The normalized spacial score (nSPS) is 25.8. The topological polar surface area (TPSA) is 117 Å². The molecule has 0 aromatic heterocycles. The summed E-state index contributed by atoms with van der Waals surface area (Å²) >= 11 is 1.17. The van der Waals surface area contributed by atoms with E-state index in [4.69, 9.17) is 18.9 Å². The van der Waals surface area contributed by atoms with Crippen LogP contribution < -0.4 is 5.32 Å². The van der Waals surface area contributed by atoms with Gasteiger partial charge in [-0.3, -0.25) is 14.4 Å². The number of methoxy groups -OCH3 is 1. The van der Waals surface area contributed by atoms with Crippen molar-refractivity contribution in [3.05, 3.63) is 35.9 Å². The maximum Gasteiger partial charge on any atom is 0.329 e. The number of carbonyl (C=O) groups is 4. The second kappa shape index (κ2) is 11.9. The van der Waals surface area contributed by atoms with Gasteiger partial charge in [-0.25, -0.2) is 4.79 Å². The molecule has 1 aromatic rings. The van der Waals surface area contributed by atoms with Gasteiger partial charge in [-0.2, -0.15) is 0 Å². The Morgan fingerprint density at radius 3 is 2.19 bits per heavy atom. The highest BCUT2D eigenvalue weighted by molar-refractivity contribution is 7.99. The fraction of sp³-hybridized carbons (Fsp3) is 0.545. The minimum atomic E-state index is -0.971. The molecule has 32 heavy (non-hydrogen) atoms. The first kappa shape index (κ1) is 25.7. The Kier molecular flexibility index (Phi) is 9.52. The van der Waals surface area contributed by atoms with Crippen molar-refractivity contribution in [3.8, 4) is 0 Å². The van der Waals surface area contributed by atoms with E-state index in [9.17, 15) is 19.2 Å². The number of ether oxygens (including phenoxy) is 4. The van der Waals surface area contributed by atoms with E-state index in [1.165, 1.54) is 32.7 Å². The second-order valence-corrected chi connectivity index (χ2v) is 8.60. The molecule has 1 aliphatic rings. The molecule has 1 heterocycles. The van der Waals surface area contributed by atoms with Crippen LogP contribution in [0, 0.1) is 5.92 Å². The fourth-order valence-electron chi connectivity index (χ4n) is 3.28. The van der Waals surface area contributed by atoms with E-state index < -0.39 is 47.5 Å². The third kappa shape index (κ3) is 6.96. The molecule has 0 spiro atoms. The Hall–Kier alpha value is -2.59. The summed E-state index contributed by atoms with van der Waals surface area (Å²) in [4.78, 5) is 48.2. The molecular weight excluding hydrogens is 438 g/mol. The molecule has 1 N–H and O–H groups in total. The number of hydrogen-bond donors (Lipinski definition) is 1. The lowest BCUT2D eigenvalue weighted by atomic mass is 9.92. The zero-order chi connectivity index (χ0) is 23.8. The average Bonchev–Trinajstić information content (AvgIpc) is 2.76. The third-order valence-electron chi connectivity index (χ3n) is 5.06. The van der Waals surface area contributed by atoms with Crippen molar-refractivity contribution in [1.82, 2.24) is 5.32 Å². The van der Waals surface area contributed by atoms with Gasteiger partial charge in [-0.1, -0.05) is 25.1 Å². The Morgan fingerprint density at radius 1 is 1.03 bits per heavy atom. The monoisotopic (exact) mass is 467 g/mol. The summed E-state index contributed by atoms with van der Waals surface area (Å²) < 4.78 is 21.7. The zero-order valence-electron chi connectivity index (χ0n) is 18.7. The number of carbonyl (C=O) groups excluding carboxylic acids is 4. The van der Waals surface area contributed by atoms with Crippen molar-refractivity contribution in [2.75, 3.05) is 12.9 Å². The molecule has 0 aliphatic carbocycles. The van der Waals surface area contributed by atoms with Crippen LogP contribution in [0.1, 0.15) is 38.1 Å². The van der Waals surface area contributed by atoms with Crippen LogP contribution in [0.4, 0.5) is 0 Å². The minimum Gasteiger partial charge on any atom is -0.467 e. The summed E-state index contributed by atoms with van der Waals surface area (Å²) in [6.45, 7) is 6.21. The van der Waals surface area contributed by atoms with Crippen LogP contribution in [0.2, 0.25) is 0 Å². The van der Waals surface area contributed by atoms with Gasteiger partial charge < -0.3 is 24.3 Å². The van der Waals surface area contributed by atoms with E-state index >= 15 is 0 Å². The van der Waals surface area contributed by atoms with Crippen LogP contribution in [0.3, 0.4) is 0 Å². The lowest BCUT2D eigenvalue weighted by molar-refractivity contribution is -0.204. The summed E-state index contributed by atoms with van der Waals surface area (Å²) in [6, 6.07) is 7.50. The Morgan fingerprint density at radius 2 is 1.62 bits per heavy atom. The number of amides is 1. The summed E-state index contributed by atoms with van der Waals surface area (Å²) in [5.74, 6) is -2.25. The van der Waals surface area contributed by atoms with Crippen molar-refractivity contribution < 1.29 is 38.1 Å². The predicted molar refractivity (Wildman–Crippen MR) is 117 cm³/mol. The molecular formula is C22H29NO8S. The van der Waals surface area contributed by atoms with Gasteiger partial charge in [-0.15, -0.1) is 11.8 Å². The molecule has 1 amide bonds. The van der Waals surface area contributed by atoms with Gasteiger partial charge in [0.1, 0.15) is 17.6 Å². The fourth-order valence-corrected chi connectivity index (χ4v) is 4.54. The van der Waals surface area contributed by atoms with E-state index in [0.29, 0.717) is 5.56 Å². The summed E-state index contributed by atoms with van der Waals surface area (Å²) in [6.07, 6.45) is -1.90. The van der Waals surface area contributed by atoms with Crippen molar-refractivity contribution in [2.24, 2.45) is 5.92 Å². The van der Waals surface area contributed by atoms with E-state index in [1.54, 1.807) is 30.3 Å². The first-order valence-electron chi connectivity index (χ1n) is 10.2. The summed E-state index contributed by atoms with van der Waals surface area (Å²) in [5.41, 5.74) is -0.328.